The predicted molar refractivity (Wildman–Crippen MR) is 205 cm³/mol. The lowest BCUT2D eigenvalue weighted by atomic mass is 9.91. The molecule has 1 saturated heterocycles. The van der Waals surface area contributed by atoms with Gasteiger partial charge in [-0.15, -0.1) is 11.3 Å². The molecule has 2 fully saturated rings. The summed E-state index contributed by atoms with van der Waals surface area (Å²) in [5.41, 5.74) is 4.84. The van der Waals surface area contributed by atoms with Crippen LogP contribution in [-0.4, -0.2) is 69.4 Å². The lowest BCUT2D eigenvalue weighted by Gasteiger charge is -2.36. The Morgan fingerprint density at radius 3 is 2.32 bits per heavy atom. The van der Waals surface area contributed by atoms with Crippen molar-refractivity contribution in [1.29, 1.82) is 0 Å². The van der Waals surface area contributed by atoms with Gasteiger partial charge in [-0.2, -0.15) is 0 Å². The van der Waals surface area contributed by atoms with E-state index in [1.54, 1.807) is 7.11 Å². The zero-order valence-electron chi connectivity index (χ0n) is 29.7. The fraction of sp³-hybridized carbons (Fsp3) is 0.395. The summed E-state index contributed by atoms with van der Waals surface area (Å²) in [4.78, 5) is 6.05. The molecule has 0 bridgehead atoms. The van der Waals surface area contributed by atoms with E-state index in [9.17, 15) is 0 Å². The fourth-order valence-corrected chi connectivity index (χ4v) is 8.72. The van der Waals surface area contributed by atoms with Crippen molar-refractivity contribution in [1.82, 2.24) is 9.80 Å². The van der Waals surface area contributed by atoms with Crippen molar-refractivity contribution in [3.8, 4) is 33.4 Å². The quantitative estimate of drug-likeness (QED) is 0.116. The molecule has 0 spiro atoms. The summed E-state index contributed by atoms with van der Waals surface area (Å²) in [7, 11) is 6.06. The van der Waals surface area contributed by atoms with Gasteiger partial charge in [-0.3, -0.25) is 4.90 Å². The summed E-state index contributed by atoms with van der Waals surface area (Å²) < 4.78 is 26.2. The first-order valence-electron chi connectivity index (χ1n) is 18.2. The van der Waals surface area contributed by atoms with E-state index in [1.807, 2.05) is 29.5 Å². The summed E-state index contributed by atoms with van der Waals surface area (Å²) >= 11 is 1.82. The number of nitrogens with zero attached hydrogens (tertiary/aromatic N) is 2. The summed E-state index contributed by atoms with van der Waals surface area (Å²) in [5.74, 6) is 3.41. The molecular formula is C43H50N2O4S. The van der Waals surface area contributed by atoms with Crippen LogP contribution < -0.4 is 18.9 Å². The maximum absolute atomic E-state index is 6.65. The van der Waals surface area contributed by atoms with Gasteiger partial charge in [0.1, 0.15) is 30.8 Å². The number of fused-ring (bicyclic) bond motifs is 1. The van der Waals surface area contributed by atoms with E-state index in [0.717, 1.165) is 61.0 Å². The highest BCUT2D eigenvalue weighted by atomic mass is 32.1. The van der Waals surface area contributed by atoms with Crippen LogP contribution in [0.1, 0.15) is 55.2 Å². The molecule has 1 saturated carbocycles. The van der Waals surface area contributed by atoms with Gasteiger partial charge in [0.15, 0.2) is 11.5 Å². The zero-order chi connectivity index (χ0) is 34.3. The number of benzene rings is 4. The van der Waals surface area contributed by atoms with E-state index in [-0.39, 0.29) is 6.10 Å². The van der Waals surface area contributed by atoms with Gasteiger partial charge < -0.3 is 23.8 Å². The van der Waals surface area contributed by atoms with Crippen LogP contribution in [0.15, 0.2) is 91.0 Å². The van der Waals surface area contributed by atoms with Gasteiger partial charge in [-0.05, 0) is 148 Å². The number of likely N-dealkylation sites (N-methyl/N-ethyl adjacent to an activating group) is 1. The first kappa shape index (κ1) is 34.4. The number of rotatable bonds is 14. The Morgan fingerprint density at radius 1 is 0.760 bits per heavy atom. The van der Waals surface area contributed by atoms with Gasteiger partial charge in [-0.25, -0.2) is 0 Å². The van der Waals surface area contributed by atoms with Crippen LogP contribution in [0.5, 0.6) is 23.0 Å². The van der Waals surface area contributed by atoms with Gasteiger partial charge >= 0.3 is 0 Å². The Balaban J connectivity index is 1.15. The van der Waals surface area contributed by atoms with Gasteiger partial charge in [-0.1, -0.05) is 42.8 Å². The van der Waals surface area contributed by atoms with E-state index in [1.165, 1.54) is 70.4 Å². The van der Waals surface area contributed by atoms with Crippen LogP contribution in [0.25, 0.3) is 20.5 Å². The Bertz CT molecular complexity index is 1830. The Labute approximate surface area is 301 Å². The number of methoxy groups -OCH3 is 1. The largest absolute Gasteiger partial charge is 0.493 e. The molecule has 0 amide bonds. The number of thiophene rings is 1. The molecule has 4 aromatic carbocycles. The molecule has 2 atom stereocenters. The predicted octanol–water partition coefficient (Wildman–Crippen LogP) is 9.47. The number of hydrogen-bond acceptors (Lipinski definition) is 7. The summed E-state index contributed by atoms with van der Waals surface area (Å²) in [6.07, 6.45) is 8.22. The summed E-state index contributed by atoms with van der Waals surface area (Å²) in [6, 6.07) is 32.4. The second-order valence-corrected chi connectivity index (χ2v) is 14.9. The monoisotopic (exact) mass is 690 g/mol. The smallest absolute Gasteiger partial charge is 0.161 e. The maximum atomic E-state index is 6.65. The first-order valence-corrected chi connectivity index (χ1v) is 19.0. The molecule has 2 aliphatic rings. The molecule has 2 heterocycles. The van der Waals surface area contributed by atoms with Crippen molar-refractivity contribution in [2.45, 2.75) is 63.7 Å². The van der Waals surface area contributed by atoms with E-state index in [0.29, 0.717) is 12.6 Å². The summed E-state index contributed by atoms with van der Waals surface area (Å²) in [5, 5.41) is 1.25. The average Bonchev–Trinajstić information content (AvgIpc) is 3.80. The van der Waals surface area contributed by atoms with Crippen molar-refractivity contribution < 1.29 is 18.9 Å². The lowest BCUT2D eigenvalue weighted by Crippen LogP contribution is -2.44. The second-order valence-electron chi connectivity index (χ2n) is 13.9. The lowest BCUT2D eigenvalue weighted by molar-refractivity contribution is 0.0601. The third kappa shape index (κ3) is 8.28. The fourth-order valence-electron chi connectivity index (χ4n) is 7.46. The number of likely N-dealkylation sites (tertiary alicyclic amines) is 1. The van der Waals surface area contributed by atoms with Crippen LogP contribution in [-0.2, 0) is 13.0 Å². The highest BCUT2D eigenvalue weighted by molar-refractivity contribution is 7.22. The zero-order valence-corrected chi connectivity index (χ0v) is 30.6. The summed E-state index contributed by atoms with van der Waals surface area (Å²) in [6.45, 7) is 4.63. The molecule has 5 aromatic rings. The molecule has 50 heavy (non-hydrogen) atoms. The first-order chi connectivity index (χ1) is 24.5. The topological polar surface area (TPSA) is 43.4 Å². The minimum Gasteiger partial charge on any atom is -0.493 e. The molecule has 1 aromatic heterocycles. The molecule has 6 nitrogen and oxygen atoms in total. The molecule has 0 N–H and O–H groups in total. The molecule has 2 unspecified atom stereocenters. The molecule has 262 valence electrons. The molecule has 7 rings (SSSR count). The highest BCUT2D eigenvalue weighted by Crippen LogP contribution is 2.43. The maximum Gasteiger partial charge on any atom is 0.161 e. The third-order valence-corrected chi connectivity index (χ3v) is 11.5. The van der Waals surface area contributed by atoms with E-state index in [4.69, 9.17) is 18.9 Å². The average molecular weight is 691 g/mol. The van der Waals surface area contributed by atoms with Crippen LogP contribution in [0, 0.1) is 0 Å². The molecule has 1 aliphatic carbocycles. The highest BCUT2D eigenvalue weighted by Gasteiger charge is 2.29. The van der Waals surface area contributed by atoms with Gasteiger partial charge in [0.25, 0.3) is 0 Å². The van der Waals surface area contributed by atoms with E-state index >= 15 is 0 Å². The van der Waals surface area contributed by atoms with Crippen molar-refractivity contribution in [2.24, 2.45) is 0 Å². The Kier molecular flexibility index (Phi) is 11.2. The Hall–Kier alpha value is -4.04. The van der Waals surface area contributed by atoms with Gasteiger partial charge in [0.2, 0.25) is 0 Å². The van der Waals surface area contributed by atoms with E-state index in [2.05, 4.69) is 96.7 Å². The van der Waals surface area contributed by atoms with Crippen LogP contribution >= 0.6 is 11.3 Å². The van der Waals surface area contributed by atoms with Crippen LogP contribution in [0.3, 0.4) is 0 Å². The molecule has 1 aliphatic heterocycles. The molecule has 0 radical (unpaired) electrons. The molecular weight excluding hydrogens is 641 g/mol. The van der Waals surface area contributed by atoms with Gasteiger partial charge in [0.05, 0.1) is 7.11 Å². The number of ether oxygens (including phenoxy) is 4. The molecule has 7 heteroatoms. The van der Waals surface area contributed by atoms with Crippen LogP contribution in [0.2, 0.25) is 0 Å². The minimum atomic E-state index is 0.163. The van der Waals surface area contributed by atoms with E-state index < -0.39 is 0 Å². The van der Waals surface area contributed by atoms with Crippen LogP contribution in [0.4, 0.5) is 0 Å². The SMILES string of the molecule is COc1cc(Cc2c(-c3ccc(OCCN4CCCC4)cc3)sc3cc(OCc4ccccc4)ccc23)ccc1OC1CCCCC1N(C)C. The van der Waals surface area contributed by atoms with Gasteiger partial charge in [0, 0.05) is 22.2 Å². The normalized spacial score (nSPS) is 18.1. The third-order valence-electron chi connectivity index (χ3n) is 10.2. The standard InChI is InChI=1S/C43H50N2O4S/c1-44(2)38-13-7-8-14-39(38)49-40-22-15-32(28-41(40)46-3)27-37-36-21-20-35(48-30-31-11-5-4-6-12-31)29-42(36)50-43(37)33-16-18-34(19-17-33)47-26-25-45-23-9-10-24-45/h4-6,11-12,15-22,28-29,38-39H,7-10,13-14,23-27,30H2,1-3H3. The van der Waals surface area contributed by atoms with Crippen molar-refractivity contribution in [3.05, 3.63) is 108 Å². The van der Waals surface area contributed by atoms with Crippen molar-refractivity contribution in [2.75, 3.05) is 47.4 Å². The minimum absolute atomic E-state index is 0.163. The second kappa shape index (κ2) is 16.3. The van der Waals surface area contributed by atoms with Crippen molar-refractivity contribution in [3.63, 3.8) is 0 Å². The van der Waals surface area contributed by atoms with Crippen molar-refractivity contribution >= 4 is 21.4 Å². The number of hydrogen-bond donors (Lipinski definition) is 0. The Morgan fingerprint density at radius 2 is 1.54 bits per heavy atom.